The van der Waals surface area contributed by atoms with E-state index >= 15 is 0 Å². The molecule has 17 heavy (non-hydrogen) atoms. The summed E-state index contributed by atoms with van der Waals surface area (Å²) >= 11 is 5.06. The summed E-state index contributed by atoms with van der Waals surface area (Å²) in [7, 11) is 0. The summed E-state index contributed by atoms with van der Waals surface area (Å²) in [6, 6.07) is 5.84. The van der Waals surface area contributed by atoms with Crippen LogP contribution in [0.5, 0.6) is 0 Å². The van der Waals surface area contributed by atoms with Crippen molar-refractivity contribution in [2.24, 2.45) is 0 Å². The molecule has 1 aromatic heterocycles. The van der Waals surface area contributed by atoms with Gasteiger partial charge in [-0.25, -0.2) is 14.1 Å². The average Bonchev–Trinajstić information content (AvgIpc) is 2.59. The first-order valence-corrected chi connectivity index (χ1v) is 5.40. The van der Waals surface area contributed by atoms with Gasteiger partial charge in [-0.2, -0.15) is 0 Å². The molecule has 1 heterocycles. The van der Waals surface area contributed by atoms with Crippen LogP contribution in [-0.2, 0) is 11.2 Å². The topological polar surface area (TPSA) is 50.7 Å². The summed E-state index contributed by atoms with van der Waals surface area (Å²) in [6.45, 7) is 1.48. The SMILES string of the molecule is CC(=O)Cc1nc(=S)n(-c2ccc(F)cc2)[nH]1. The largest absolute Gasteiger partial charge is 0.300 e. The van der Waals surface area contributed by atoms with Crippen molar-refractivity contribution in [2.45, 2.75) is 13.3 Å². The second-order valence-electron chi connectivity index (χ2n) is 3.64. The Morgan fingerprint density at radius 1 is 1.47 bits per heavy atom. The predicted molar refractivity (Wildman–Crippen MR) is 63.1 cm³/mol. The molecule has 4 nitrogen and oxygen atoms in total. The van der Waals surface area contributed by atoms with E-state index in [0.717, 1.165) is 0 Å². The lowest BCUT2D eigenvalue weighted by atomic mass is 10.3. The highest BCUT2D eigenvalue weighted by molar-refractivity contribution is 7.71. The lowest BCUT2D eigenvalue weighted by Crippen LogP contribution is -2.01. The molecule has 1 aromatic carbocycles. The van der Waals surface area contributed by atoms with Gasteiger partial charge < -0.3 is 0 Å². The fourth-order valence-electron chi connectivity index (χ4n) is 1.45. The van der Waals surface area contributed by atoms with Crippen molar-refractivity contribution in [1.82, 2.24) is 14.8 Å². The van der Waals surface area contributed by atoms with Crippen LogP contribution in [0.25, 0.3) is 5.69 Å². The van der Waals surface area contributed by atoms with Crippen molar-refractivity contribution in [2.75, 3.05) is 0 Å². The van der Waals surface area contributed by atoms with E-state index < -0.39 is 0 Å². The first-order valence-electron chi connectivity index (χ1n) is 4.99. The molecule has 88 valence electrons. The van der Waals surface area contributed by atoms with Crippen LogP contribution in [-0.4, -0.2) is 20.5 Å². The number of rotatable bonds is 3. The molecule has 0 saturated heterocycles. The van der Waals surface area contributed by atoms with E-state index in [1.807, 2.05) is 0 Å². The molecule has 2 aromatic rings. The maximum Gasteiger partial charge on any atom is 0.220 e. The van der Waals surface area contributed by atoms with Crippen molar-refractivity contribution in [3.8, 4) is 5.69 Å². The molecule has 0 amide bonds. The highest BCUT2D eigenvalue weighted by atomic mass is 32.1. The summed E-state index contributed by atoms with van der Waals surface area (Å²) in [5.74, 6) is 0.190. The van der Waals surface area contributed by atoms with Gasteiger partial charge in [0, 0.05) is 0 Å². The zero-order valence-corrected chi connectivity index (χ0v) is 9.92. The van der Waals surface area contributed by atoms with Gasteiger partial charge in [-0.05, 0) is 43.4 Å². The van der Waals surface area contributed by atoms with E-state index in [0.29, 0.717) is 16.3 Å². The third kappa shape index (κ3) is 2.65. The van der Waals surface area contributed by atoms with Crippen LogP contribution < -0.4 is 0 Å². The molecular formula is C11H10FN3OS. The Hall–Kier alpha value is -1.82. The quantitative estimate of drug-likeness (QED) is 0.851. The number of halogens is 1. The summed E-state index contributed by atoms with van der Waals surface area (Å²) in [5.41, 5.74) is 0.679. The average molecular weight is 251 g/mol. The molecule has 1 N–H and O–H groups in total. The van der Waals surface area contributed by atoms with Crippen molar-refractivity contribution in [3.63, 3.8) is 0 Å². The van der Waals surface area contributed by atoms with E-state index in [2.05, 4.69) is 10.1 Å². The minimum atomic E-state index is -0.316. The Balaban J connectivity index is 2.39. The normalized spacial score (nSPS) is 10.5. The summed E-state index contributed by atoms with van der Waals surface area (Å²) in [6.07, 6.45) is 0.206. The zero-order valence-electron chi connectivity index (χ0n) is 9.11. The van der Waals surface area contributed by atoms with E-state index in [9.17, 15) is 9.18 Å². The van der Waals surface area contributed by atoms with Crippen molar-refractivity contribution < 1.29 is 9.18 Å². The molecule has 0 saturated carbocycles. The lowest BCUT2D eigenvalue weighted by molar-refractivity contribution is -0.116. The maximum absolute atomic E-state index is 12.8. The van der Waals surface area contributed by atoms with Crippen LogP contribution in [0.3, 0.4) is 0 Å². The molecule has 0 aliphatic rings. The number of aromatic amines is 1. The fourth-order valence-corrected chi connectivity index (χ4v) is 1.71. The van der Waals surface area contributed by atoms with Gasteiger partial charge in [-0.15, -0.1) is 0 Å². The van der Waals surface area contributed by atoms with Gasteiger partial charge in [-0.1, -0.05) is 0 Å². The molecule has 0 aliphatic carbocycles. The standard InChI is InChI=1S/C11H10FN3OS/c1-7(16)6-10-13-11(17)15(14-10)9-4-2-8(12)3-5-9/h2-5H,6H2,1H3,(H,13,14,17). The van der Waals surface area contributed by atoms with Gasteiger partial charge in [0.1, 0.15) is 17.4 Å². The van der Waals surface area contributed by atoms with E-state index in [4.69, 9.17) is 12.2 Å². The monoisotopic (exact) mass is 251 g/mol. The number of nitrogens with zero attached hydrogens (tertiary/aromatic N) is 2. The maximum atomic E-state index is 12.8. The number of Topliss-reactive ketones (excluding diaryl/α,β-unsaturated/α-hetero) is 1. The third-order valence-electron chi connectivity index (χ3n) is 2.16. The Bertz CT molecular complexity index is 600. The zero-order chi connectivity index (χ0) is 12.4. The van der Waals surface area contributed by atoms with Gasteiger partial charge in [0.25, 0.3) is 0 Å². The molecule has 0 aliphatic heterocycles. The molecule has 0 unspecified atom stereocenters. The number of nitrogens with one attached hydrogen (secondary N) is 1. The minimum absolute atomic E-state index is 0.00000567. The van der Waals surface area contributed by atoms with Gasteiger partial charge >= 0.3 is 0 Å². The Morgan fingerprint density at radius 2 is 2.12 bits per heavy atom. The van der Waals surface area contributed by atoms with Crippen molar-refractivity contribution in [1.29, 1.82) is 0 Å². The van der Waals surface area contributed by atoms with Crippen LogP contribution >= 0.6 is 12.2 Å². The number of ketones is 1. The summed E-state index contributed by atoms with van der Waals surface area (Å²) in [5, 5.41) is 2.91. The molecule has 0 radical (unpaired) electrons. The number of carbonyl (C=O) groups is 1. The lowest BCUT2D eigenvalue weighted by Gasteiger charge is -2.00. The summed E-state index contributed by atoms with van der Waals surface area (Å²) in [4.78, 5) is 15.0. The molecule has 6 heteroatoms. The van der Waals surface area contributed by atoms with Crippen LogP contribution in [0.1, 0.15) is 12.7 Å². The number of hydrogen-bond acceptors (Lipinski definition) is 3. The van der Waals surface area contributed by atoms with Gasteiger partial charge in [0.05, 0.1) is 12.1 Å². The molecule has 0 bridgehead atoms. The fraction of sp³-hybridized carbons (Fsp3) is 0.182. The predicted octanol–water partition coefficient (Wildman–Crippen LogP) is 2.20. The van der Waals surface area contributed by atoms with Crippen LogP contribution in [0.4, 0.5) is 4.39 Å². The van der Waals surface area contributed by atoms with Gasteiger partial charge in [0.2, 0.25) is 4.77 Å². The van der Waals surface area contributed by atoms with Crippen LogP contribution in [0.15, 0.2) is 24.3 Å². The van der Waals surface area contributed by atoms with E-state index in [-0.39, 0.29) is 18.0 Å². The number of H-pyrrole nitrogens is 1. The minimum Gasteiger partial charge on any atom is -0.300 e. The Labute approximate surface area is 102 Å². The highest BCUT2D eigenvalue weighted by Gasteiger charge is 2.06. The van der Waals surface area contributed by atoms with Crippen molar-refractivity contribution >= 4 is 18.0 Å². The molecule has 2 rings (SSSR count). The second kappa shape index (κ2) is 4.58. The van der Waals surface area contributed by atoms with E-state index in [1.54, 1.807) is 12.1 Å². The molecular weight excluding hydrogens is 241 g/mol. The van der Waals surface area contributed by atoms with Gasteiger partial charge in [0.15, 0.2) is 0 Å². The number of aromatic nitrogens is 3. The summed E-state index contributed by atoms with van der Waals surface area (Å²) < 4.78 is 14.6. The smallest absolute Gasteiger partial charge is 0.220 e. The molecule has 0 fully saturated rings. The molecule has 0 atom stereocenters. The Morgan fingerprint density at radius 3 is 2.71 bits per heavy atom. The van der Waals surface area contributed by atoms with E-state index in [1.165, 1.54) is 23.7 Å². The van der Waals surface area contributed by atoms with Gasteiger partial charge in [-0.3, -0.25) is 9.89 Å². The van der Waals surface area contributed by atoms with Crippen LogP contribution in [0, 0.1) is 10.6 Å². The first-order chi connectivity index (χ1) is 8.06. The van der Waals surface area contributed by atoms with Crippen LogP contribution in [0.2, 0.25) is 0 Å². The molecule has 0 spiro atoms. The first kappa shape index (κ1) is 11.7. The number of benzene rings is 1. The van der Waals surface area contributed by atoms with Crippen molar-refractivity contribution in [3.05, 3.63) is 40.7 Å². The Kier molecular flexibility index (Phi) is 3.14. The second-order valence-corrected chi connectivity index (χ2v) is 4.01. The number of carbonyl (C=O) groups excluding carboxylic acids is 1. The highest BCUT2D eigenvalue weighted by Crippen LogP contribution is 2.09. The number of hydrogen-bond donors (Lipinski definition) is 1. The third-order valence-corrected chi connectivity index (χ3v) is 2.44.